The van der Waals surface area contributed by atoms with Gasteiger partial charge in [-0.1, -0.05) is 31.0 Å². The minimum atomic E-state index is -0.742. The zero-order valence-electron chi connectivity index (χ0n) is 12.9. The second-order valence-electron chi connectivity index (χ2n) is 5.87. The van der Waals surface area contributed by atoms with E-state index in [0.29, 0.717) is 6.04 Å². The molecule has 0 aromatic heterocycles. The van der Waals surface area contributed by atoms with E-state index in [1.807, 2.05) is 18.2 Å². The van der Waals surface area contributed by atoms with Gasteiger partial charge in [0.2, 0.25) is 0 Å². The number of carboxylic acid groups (broad SMARTS) is 1. The Morgan fingerprint density at radius 2 is 2.05 bits per heavy atom. The van der Waals surface area contributed by atoms with Crippen LogP contribution in [0, 0.1) is 0 Å². The molecule has 1 N–H and O–H groups in total. The number of carboxylic acids is 1. The molecule has 1 saturated carbocycles. The third-order valence-electron chi connectivity index (χ3n) is 4.39. The number of ether oxygens (including phenoxy) is 1. The highest BCUT2D eigenvalue weighted by molar-refractivity contribution is 5.69. The fourth-order valence-corrected chi connectivity index (χ4v) is 3.34. The summed E-state index contributed by atoms with van der Waals surface area (Å²) in [7, 11) is 1.68. The van der Waals surface area contributed by atoms with Crippen molar-refractivity contribution in [2.45, 2.75) is 51.1 Å². The summed E-state index contributed by atoms with van der Waals surface area (Å²) in [5.41, 5.74) is 1.14. The molecule has 1 aromatic carbocycles. The molecule has 0 bridgehead atoms. The lowest BCUT2D eigenvalue weighted by Gasteiger charge is -2.33. The van der Waals surface area contributed by atoms with Gasteiger partial charge in [-0.15, -0.1) is 0 Å². The molecule has 0 saturated heterocycles. The Labute approximate surface area is 126 Å². The highest BCUT2D eigenvalue weighted by atomic mass is 16.5. The molecule has 1 atom stereocenters. The Morgan fingerprint density at radius 1 is 1.38 bits per heavy atom. The maximum Gasteiger partial charge on any atom is 0.317 e. The summed E-state index contributed by atoms with van der Waals surface area (Å²) < 4.78 is 5.40. The average Bonchev–Trinajstić information content (AvgIpc) is 2.99. The van der Waals surface area contributed by atoms with Gasteiger partial charge in [0, 0.05) is 12.1 Å². The minimum absolute atomic E-state index is 0.126. The summed E-state index contributed by atoms with van der Waals surface area (Å²) >= 11 is 0. The summed E-state index contributed by atoms with van der Waals surface area (Å²) in [6.45, 7) is 2.24. The topological polar surface area (TPSA) is 49.8 Å². The number of aliphatic carboxylic acids is 1. The Hall–Kier alpha value is -1.55. The van der Waals surface area contributed by atoms with Crippen molar-refractivity contribution in [3.63, 3.8) is 0 Å². The van der Waals surface area contributed by atoms with E-state index in [2.05, 4.69) is 17.9 Å². The smallest absolute Gasteiger partial charge is 0.317 e. The van der Waals surface area contributed by atoms with Gasteiger partial charge < -0.3 is 9.84 Å². The van der Waals surface area contributed by atoms with E-state index in [4.69, 9.17) is 4.74 Å². The van der Waals surface area contributed by atoms with Crippen LogP contribution in [0.3, 0.4) is 0 Å². The molecule has 0 amide bonds. The Balaban J connectivity index is 2.09. The second kappa shape index (κ2) is 7.46. The highest BCUT2D eigenvalue weighted by Gasteiger charge is 2.28. The number of rotatable bonds is 7. The van der Waals surface area contributed by atoms with Gasteiger partial charge in [0.25, 0.3) is 0 Å². The van der Waals surface area contributed by atoms with Crippen LogP contribution in [0.4, 0.5) is 0 Å². The number of hydrogen-bond acceptors (Lipinski definition) is 3. The standard InChI is InChI=1S/C17H25NO3/c1-13(11-14-7-3-6-10-16(14)21-2)18(12-17(19)20)15-8-4-5-9-15/h3,6-7,10,13,15H,4-5,8-9,11-12H2,1-2H3,(H,19,20). The van der Waals surface area contributed by atoms with Crippen LogP contribution in [-0.2, 0) is 11.2 Å². The first-order valence-corrected chi connectivity index (χ1v) is 7.71. The maximum absolute atomic E-state index is 11.2. The molecule has 0 heterocycles. The summed E-state index contributed by atoms with van der Waals surface area (Å²) in [5, 5.41) is 9.19. The minimum Gasteiger partial charge on any atom is -0.496 e. The van der Waals surface area contributed by atoms with Crippen LogP contribution < -0.4 is 4.74 Å². The van der Waals surface area contributed by atoms with Gasteiger partial charge in [0.1, 0.15) is 5.75 Å². The number of carbonyl (C=O) groups is 1. The fraction of sp³-hybridized carbons (Fsp3) is 0.588. The van der Waals surface area contributed by atoms with E-state index in [9.17, 15) is 9.90 Å². The lowest BCUT2D eigenvalue weighted by atomic mass is 10.0. The van der Waals surface area contributed by atoms with Crippen LogP contribution in [0.5, 0.6) is 5.75 Å². The highest BCUT2D eigenvalue weighted by Crippen LogP contribution is 2.27. The molecule has 1 fully saturated rings. The molecule has 0 radical (unpaired) electrons. The summed E-state index contributed by atoms with van der Waals surface area (Å²) in [5.74, 6) is 0.139. The van der Waals surface area contributed by atoms with E-state index in [-0.39, 0.29) is 12.6 Å². The molecule has 1 aromatic rings. The van der Waals surface area contributed by atoms with Crippen molar-refractivity contribution in [3.8, 4) is 5.75 Å². The Kier molecular flexibility index (Phi) is 5.62. The summed E-state index contributed by atoms with van der Waals surface area (Å²) in [6.07, 6.45) is 5.46. The number of nitrogens with zero attached hydrogens (tertiary/aromatic N) is 1. The molecular formula is C17H25NO3. The van der Waals surface area contributed by atoms with Crippen molar-refractivity contribution >= 4 is 5.97 Å². The van der Waals surface area contributed by atoms with E-state index < -0.39 is 5.97 Å². The zero-order chi connectivity index (χ0) is 15.2. The van der Waals surface area contributed by atoms with Crippen molar-refractivity contribution in [2.75, 3.05) is 13.7 Å². The fourth-order valence-electron chi connectivity index (χ4n) is 3.34. The third-order valence-corrected chi connectivity index (χ3v) is 4.39. The number of para-hydroxylation sites is 1. The Bertz CT molecular complexity index is 469. The van der Waals surface area contributed by atoms with Crippen LogP contribution in [0.2, 0.25) is 0 Å². The van der Waals surface area contributed by atoms with E-state index >= 15 is 0 Å². The monoisotopic (exact) mass is 291 g/mol. The van der Waals surface area contributed by atoms with E-state index in [0.717, 1.165) is 30.6 Å². The lowest BCUT2D eigenvalue weighted by molar-refractivity contribution is -0.139. The van der Waals surface area contributed by atoms with Gasteiger partial charge in [-0.3, -0.25) is 9.69 Å². The maximum atomic E-state index is 11.2. The molecule has 116 valence electrons. The summed E-state index contributed by atoms with van der Waals surface area (Å²) in [6, 6.07) is 8.58. The molecule has 4 heteroatoms. The van der Waals surface area contributed by atoms with Gasteiger partial charge in [0.15, 0.2) is 0 Å². The summed E-state index contributed by atoms with van der Waals surface area (Å²) in [4.78, 5) is 13.3. The van der Waals surface area contributed by atoms with Crippen molar-refractivity contribution in [2.24, 2.45) is 0 Å². The van der Waals surface area contributed by atoms with Crippen LogP contribution in [-0.4, -0.2) is 41.7 Å². The number of benzene rings is 1. The van der Waals surface area contributed by atoms with E-state index in [1.54, 1.807) is 7.11 Å². The normalized spacial score (nSPS) is 17.1. The molecule has 1 unspecified atom stereocenters. The van der Waals surface area contributed by atoms with Gasteiger partial charge in [-0.25, -0.2) is 0 Å². The van der Waals surface area contributed by atoms with Crippen LogP contribution in [0.25, 0.3) is 0 Å². The first kappa shape index (κ1) is 15.8. The molecule has 21 heavy (non-hydrogen) atoms. The number of hydrogen-bond donors (Lipinski definition) is 1. The van der Waals surface area contributed by atoms with Crippen molar-refractivity contribution < 1.29 is 14.6 Å². The molecule has 1 aliphatic carbocycles. The predicted octanol–water partition coefficient (Wildman–Crippen LogP) is 2.96. The molecular weight excluding hydrogens is 266 g/mol. The molecule has 2 rings (SSSR count). The van der Waals surface area contributed by atoms with Crippen LogP contribution in [0.1, 0.15) is 38.2 Å². The molecule has 0 aliphatic heterocycles. The lowest BCUT2D eigenvalue weighted by Crippen LogP contribution is -2.44. The second-order valence-corrected chi connectivity index (χ2v) is 5.87. The van der Waals surface area contributed by atoms with Gasteiger partial charge in [-0.2, -0.15) is 0 Å². The van der Waals surface area contributed by atoms with Crippen molar-refractivity contribution in [1.29, 1.82) is 0 Å². The van der Waals surface area contributed by atoms with Crippen LogP contribution in [0.15, 0.2) is 24.3 Å². The molecule has 4 nitrogen and oxygen atoms in total. The average molecular weight is 291 g/mol. The predicted molar refractivity (Wildman–Crippen MR) is 82.8 cm³/mol. The van der Waals surface area contributed by atoms with Crippen molar-refractivity contribution in [3.05, 3.63) is 29.8 Å². The van der Waals surface area contributed by atoms with Crippen molar-refractivity contribution in [1.82, 2.24) is 4.90 Å². The van der Waals surface area contributed by atoms with Gasteiger partial charge >= 0.3 is 5.97 Å². The number of methoxy groups -OCH3 is 1. The first-order chi connectivity index (χ1) is 10.1. The van der Waals surface area contributed by atoms with Crippen LogP contribution >= 0.6 is 0 Å². The Morgan fingerprint density at radius 3 is 2.67 bits per heavy atom. The van der Waals surface area contributed by atoms with Gasteiger partial charge in [-0.05, 0) is 37.8 Å². The first-order valence-electron chi connectivity index (χ1n) is 7.71. The SMILES string of the molecule is COc1ccccc1CC(C)N(CC(=O)O)C1CCCC1. The largest absolute Gasteiger partial charge is 0.496 e. The van der Waals surface area contributed by atoms with E-state index in [1.165, 1.54) is 12.8 Å². The third kappa shape index (κ3) is 4.21. The molecule has 1 aliphatic rings. The van der Waals surface area contributed by atoms with Gasteiger partial charge in [0.05, 0.1) is 13.7 Å². The quantitative estimate of drug-likeness (QED) is 0.839. The molecule has 0 spiro atoms. The zero-order valence-corrected chi connectivity index (χ0v) is 12.9.